The number of carbonyl (C=O) groups excluding carboxylic acids is 1. The number of anilines is 1. The first-order valence-corrected chi connectivity index (χ1v) is 6.39. The van der Waals surface area contributed by atoms with Gasteiger partial charge in [-0.1, -0.05) is 12.1 Å². The molecule has 106 valence electrons. The van der Waals surface area contributed by atoms with Gasteiger partial charge in [0, 0.05) is 12.1 Å². The molecule has 0 spiro atoms. The molecule has 4 nitrogen and oxygen atoms in total. The largest absolute Gasteiger partial charge is 0.333 e. The summed E-state index contributed by atoms with van der Waals surface area (Å²) in [5, 5.41) is 2.83. The summed E-state index contributed by atoms with van der Waals surface area (Å²) in [6.45, 7) is 6.49. The highest BCUT2D eigenvalue weighted by Crippen LogP contribution is 2.19. The van der Waals surface area contributed by atoms with E-state index < -0.39 is 5.82 Å². The van der Waals surface area contributed by atoms with Crippen molar-refractivity contribution in [3.8, 4) is 0 Å². The Kier molecular flexibility index (Phi) is 5.30. The van der Waals surface area contributed by atoms with E-state index in [1.54, 1.807) is 18.2 Å². The van der Waals surface area contributed by atoms with E-state index in [2.05, 4.69) is 5.32 Å². The number of nitrogens with one attached hydrogen (secondary N) is 1. The average Bonchev–Trinajstić information content (AvgIpc) is 2.29. The van der Waals surface area contributed by atoms with Crippen LogP contribution in [0.15, 0.2) is 24.3 Å². The molecule has 0 saturated carbocycles. The molecule has 3 N–H and O–H groups in total. The van der Waals surface area contributed by atoms with Crippen LogP contribution in [0.4, 0.5) is 14.9 Å². The number of hydrogen-bond donors (Lipinski definition) is 2. The van der Waals surface area contributed by atoms with Crippen LogP contribution in [0.2, 0.25) is 0 Å². The van der Waals surface area contributed by atoms with Crippen LogP contribution < -0.4 is 16.0 Å². The molecule has 0 atom stereocenters. The van der Waals surface area contributed by atoms with E-state index in [-0.39, 0.29) is 17.3 Å². The fourth-order valence-electron chi connectivity index (χ4n) is 1.64. The van der Waals surface area contributed by atoms with Crippen LogP contribution in [0.25, 0.3) is 0 Å². The number of nitrogens with zero attached hydrogens (tertiary/aromatic N) is 1. The first-order chi connectivity index (χ1) is 8.85. The summed E-state index contributed by atoms with van der Waals surface area (Å²) in [5.74, 6) is -0.413. The van der Waals surface area contributed by atoms with Gasteiger partial charge in [0.1, 0.15) is 5.82 Å². The summed E-state index contributed by atoms with van der Waals surface area (Å²) in [7, 11) is 0. The van der Waals surface area contributed by atoms with E-state index in [0.29, 0.717) is 19.5 Å². The lowest BCUT2D eigenvalue weighted by Crippen LogP contribution is -2.49. The van der Waals surface area contributed by atoms with E-state index in [4.69, 9.17) is 5.73 Å². The van der Waals surface area contributed by atoms with Gasteiger partial charge in [-0.2, -0.15) is 0 Å². The Hall–Kier alpha value is -1.62. The van der Waals surface area contributed by atoms with Crippen molar-refractivity contribution in [2.24, 2.45) is 5.73 Å². The minimum absolute atomic E-state index is 0.276. The van der Waals surface area contributed by atoms with E-state index in [1.165, 1.54) is 11.0 Å². The van der Waals surface area contributed by atoms with Crippen LogP contribution in [0.3, 0.4) is 0 Å². The number of carbonyl (C=O) groups is 1. The quantitative estimate of drug-likeness (QED) is 0.880. The number of amides is 2. The second-order valence-electron chi connectivity index (χ2n) is 5.43. The molecule has 1 aromatic carbocycles. The van der Waals surface area contributed by atoms with Gasteiger partial charge in [-0.15, -0.1) is 0 Å². The number of para-hydroxylation sites is 1. The SMILES string of the molecule is CC(C)(C)NC(=O)N(CCCN)c1ccccc1F. The number of hydrogen-bond acceptors (Lipinski definition) is 2. The van der Waals surface area contributed by atoms with E-state index in [0.717, 1.165) is 0 Å². The molecule has 0 radical (unpaired) electrons. The van der Waals surface area contributed by atoms with E-state index in [1.807, 2.05) is 20.8 Å². The van der Waals surface area contributed by atoms with Crippen molar-refractivity contribution in [3.63, 3.8) is 0 Å². The molecule has 0 fully saturated rings. The molecule has 0 aliphatic rings. The van der Waals surface area contributed by atoms with Crippen LogP contribution >= 0.6 is 0 Å². The first-order valence-electron chi connectivity index (χ1n) is 6.39. The summed E-state index contributed by atoms with van der Waals surface area (Å²) < 4.78 is 13.8. The zero-order valence-electron chi connectivity index (χ0n) is 11.7. The fourth-order valence-corrected chi connectivity index (χ4v) is 1.64. The van der Waals surface area contributed by atoms with Gasteiger partial charge in [0.15, 0.2) is 0 Å². The maximum absolute atomic E-state index is 13.8. The Morgan fingerprint density at radius 1 is 1.37 bits per heavy atom. The lowest BCUT2D eigenvalue weighted by Gasteiger charge is -2.28. The molecule has 0 aliphatic heterocycles. The molecule has 0 unspecified atom stereocenters. The van der Waals surface area contributed by atoms with Gasteiger partial charge in [-0.25, -0.2) is 9.18 Å². The van der Waals surface area contributed by atoms with Crippen LogP contribution in [0.5, 0.6) is 0 Å². The summed E-state index contributed by atoms with van der Waals surface area (Å²) in [6, 6.07) is 5.93. The lowest BCUT2D eigenvalue weighted by molar-refractivity contribution is 0.237. The molecule has 0 aliphatic carbocycles. The van der Waals surface area contributed by atoms with Crippen molar-refractivity contribution in [2.75, 3.05) is 18.0 Å². The van der Waals surface area contributed by atoms with Gasteiger partial charge in [0.05, 0.1) is 5.69 Å². The molecule has 1 rings (SSSR count). The molecule has 1 aromatic rings. The summed E-state index contributed by atoms with van der Waals surface area (Å²) in [6.07, 6.45) is 0.617. The molecular formula is C14H22FN3O. The molecule has 0 saturated heterocycles. The molecular weight excluding hydrogens is 245 g/mol. The fraction of sp³-hybridized carbons (Fsp3) is 0.500. The van der Waals surface area contributed by atoms with Crippen molar-refractivity contribution < 1.29 is 9.18 Å². The molecule has 0 aromatic heterocycles. The van der Waals surface area contributed by atoms with Crippen molar-refractivity contribution >= 4 is 11.7 Å². The number of benzene rings is 1. The number of rotatable bonds is 4. The summed E-state index contributed by atoms with van der Waals surface area (Å²) in [4.78, 5) is 13.6. The molecule has 19 heavy (non-hydrogen) atoms. The molecule has 2 amide bonds. The standard InChI is InChI=1S/C14H22FN3O/c1-14(2,3)17-13(19)18(10-6-9-16)12-8-5-4-7-11(12)15/h4-5,7-8H,6,9-10,16H2,1-3H3,(H,17,19). The van der Waals surface area contributed by atoms with Crippen LogP contribution in [-0.2, 0) is 0 Å². The van der Waals surface area contributed by atoms with Gasteiger partial charge in [0.25, 0.3) is 0 Å². The summed E-state index contributed by atoms with van der Waals surface area (Å²) >= 11 is 0. The van der Waals surface area contributed by atoms with Gasteiger partial charge >= 0.3 is 6.03 Å². The zero-order valence-corrected chi connectivity index (χ0v) is 11.7. The Bertz CT molecular complexity index is 429. The highest BCUT2D eigenvalue weighted by atomic mass is 19.1. The zero-order chi connectivity index (χ0) is 14.5. The van der Waals surface area contributed by atoms with Gasteiger partial charge < -0.3 is 11.1 Å². The third kappa shape index (κ3) is 4.87. The predicted octanol–water partition coefficient (Wildman–Crippen LogP) is 2.49. The van der Waals surface area contributed by atoms with E-state index in [9.17, 15) is 9.18 Å². The lowest BCUT2D eigenvalue weighted by atomic mass is 10.1. The smallest absolute Gasteiger partial charge is 0.322 e. The topological polar surface area (TPSA) is 58.4 Å². The maximum Gasteiger partial charge on any atom is 0.322 e. The van der Waals surface area contributed by atoms with Crippen molar-refractivity contribution in [3.05, 3.63) is 30.1 Å². The number of halogens is 1. The minimum atomic E-state index is -0.413. The Morgan fingerprint density at radius 3 is 2.53 bits per heavy atom. The van der Waals surface area contributed by atoms with Crippen molar-refractivity contribution in [1.29, 1.82) is 0 Å². The Labute approximate surface area is 113 Å². The number of urea groups is 1. The van der Waals surface area contributed by atoms with Crippen LogP contribution in [0, 0.1) is 5.82 Å². The second-order valence-corrected chi connectivity index (χ2v) is 5.43. The predicted molar refractivity (Wildman–Crippen MR) is 75.7 cm³/mol. The Morgan fingerprint density at radius 2 is 2.00 bits per heavy atom. The monoisotopic (exact) mass is 267 g/mol. The van der Waals surface area contributed by atoms with Crippen LogP contribution in [0.1, 0.15) is 27.2 Å². The van der Waals surface area contributed by atoms with Gasteiger partial charge in [0.2, 0.25) is 0 Å². The highest BCUT2D eigenvalue weighted by Gasteiger charge is 2.22. The summed E-state index contributed by atoms with van der Waals surface area (Å²) in [5.41, 5.74) is 5.37. The molecule has 5 heteroatoms. The normalized spacial score (nSPS) is 11.2. The third-order valence-corrected chi connectivity index (χ3v) is 2.46. The van der Waals surface area contributed by atoms with E-state index >= 15 is 0 Å². The van der Waals surface area contributed by atoms with Gasteiger partial charge in [-0.3, -0.25) is 4.90 Å². The van der Waals surface area contributed by atoms with Crippen molar-refractivity contribution in [2.45, 2.75) is 32.7 Å². The first kappa shape index (κ1) is 15.4. The molecule has 0 heterocycles. The van der Waals surface area contributed by atoms with Crippen molar-refractivity contribution in [1.82, 2.24) is 5.32 Å². The maximum atomic E-state index is 13.8. The Balaban J connectivity index is 2.95. The highest BCUT2D eigenvalue weighted by molar-refractivity contribution is 5.92. The van der Waals surface area contributed by atoms with Gasteiger partial charge in [-0.05, 0) is 45.9 Å². The number of nitrogens with two attached hydrogens (primary N) is 1. The average molecular weight is 267 g/mol. The third-order valence-electron chi connectivity index (χ3n) is 2.46. The minimum Gasteiger partial charge on any atom is -0.333 e. The van der Waals surface area contributed by atoms with Crippen LogP contribution in [-0.4, -0.2) is 24.7 Å². The molecule has 0 bridgehead atoms. The second kappa shape index (κ2) is 6.52.